The Labute approximate surface area is 145 Å². The van der Waals surface area contributed by atoms with Crippen molar-refractivity contribution in [2.24, 2.45) is 5.41 Å². The summed E-state index contributed by atoms with van der Waals surface area (Å²) in [6, 6.07) is 4.37. The van der Waals surface area contributed by atoms with Crippen molar-refractivity contribution in [2.75, 3.05) is 0 Å². The van der Waals surface area contributed by atoms with Gasteiger partial charge in [-0.25, -0.2) is 0 Å². The van der Waals surface area contributed by atoms with Gasteiger partial charge < -0.3 is 10.4 Å². The zero-order chi connectivity index (χ0) is 19.3. The molecule has 0 spiro atoms. The monoisotopic (exact) mass is 359 g/mol. The molecule has 25 heavy (non-hydrogen) atoms. The van der Waals surface area contributed by atoms with Crippen molar-refractivity contribution in [3.8, 4) is 0 Å². The highest BCUT2D eigenvalue weighted by Gasteiger charge is 2.33. The molecule has 0 aromatic heterocycles. The maximum atomic E-state index is 12.9. The number of hydrogen-bond donors (Lipinski definition) is 2. The number of alkyl halides is 3. The predicted octanol–water partition coefficient (Wildman–Crippen LogP) is 4.55. The third-order valence-corrected chi connectivity index (χ3v) is 3.76. The fourth-order valence-electron chi connectivity index (χ4n) is 2.49. The van der Waals surface area contributed by atoms with Crippen molar-refractivity contribution in [1.29, 1.82) is 0 Å². The standard InChI is InChI=1S/C18H24F3NO3/c1-17(2,3)16(22-14(23)9-4-5-10-15(24)25)12-7-6-8-13(11-12)18(19,20)21/h6-8,11,16H,4-5,9-10H2,1-3H3,(H,22,23)(H,24,25). The van der Waals surface area contributed by atoms with E-state index in [4.69, 9.17) is 5.11 Å². The zero-order valence-electron chi connectivity index (χ0n) is 14.6. The maximum absolute atomic E-state index is 12.9. The van der Waals surface area contributed by atoms with E-state index in [0.717, 1.165) is 12.1 Å². The topological polar surface area (TPSA) is 66.4 Å². The van der Waals surface area contributed by atoms with Crippen molar-refractivity contribution in [3.05, 3.63) is 35.4 Å². The molecule has 1 atom stereocenters. The van der Waals surface area contributed by atoms with E-state index in [1.54, 1.807) is 6.07 Å². The van der Waals surface area contributed by atoms with Crippen molar-refractivity contribution in [2.45, 2.75) is 58.7 Å². The second-order valence-corrected chi connectivity index (χ2v) is 7.09. The van der Waals surface area contributed by atoms with Crippen molar-refractivity contribution >= 4 is 11.9 Å². The number of carbonyl (C=O) groups excluding carboxylic acids is 1. The molecule has 4 nitrogen and oxygen atoms in total. The lowest BCUT2D eigenvalue weighted by Gasteiger charge is -2.32. The number of amides is 1. The Hall–Kier alpha value is -2.05. The number of benzene rings is 1. The molecule has 0 aliphatic rings. The molecule has 1 rings (SSSR count). The number of carboxylic acids is 1. The lowest BCUT2D eigenvalue weighted by molar-refractivity contribution is -0.138. The first kappa shape index (κ1) is 21.0. The molecule has 1 amide bonds. The molecule has 1 aromatic carbocycles. The fourth-order valence-corrected chi connectivity index (χ4v) is 2.49. The van der Waals surface area contributed by atoms with E-state index in [9.17, 15) is 22.8 Å². The van der Waals surface area contributed by atoms with E-state index in [0.29, 0.717) is 18.4 Å². The molecule has 0 bridgehead atoms. The summed E-state index contributed by atoms with van der Waals surface area (Å²) in [5.41, 5.74) is -0.850. The number of halogens is 3. The summed E-state index contributed by atoms with van der Waals surface area (Å²) in [6.07, 6.45) is -3.52. The van der Waals surface area contributed by atoms with E-state index >= 15 is 0 Å². The highest BCUT2D eigenvalue weighted by atomic mass is 19.4. The minimum Gasteiger partial charge on any atom is -0.481 e. The smallest absolute Gasteiger partial charge is 0.416 e. The summed E-state index contributed by atoms with van der Waals surface area (Å²) < 4.78 is 38.8. The summed E-state index contributed by atoms with van der Waals surface area (Å²) in [5.74, 6) is -1.22. The van der Waals surface area contributed by atoms with Crippen LogP contribution in [0.1, 0.15) is 63.6 Å². The van der Waals surface area contributed by atoms with Gasteiger partial charge in [-0.3, -0.25) is 9.59 Å². The first-order chi connectivity index (χ1) is 11.4. The summed E-state index contributed by atoms with van der Waals surface area (Å²) in [4.78, 5) is 22.6. The van der Waals surface area contributed by atoms with Gasteiger partial charge in [0.15, 0.2) is 0 Å². The quantitative estimate of drug-likeness (QED) is 0.702. The first-order valence-electron chi connectivity index (χ1n) is 8.09. The van der Waals surface area contributed by atoms with Gasteiger partial charge in [0, 0.05) is 12.8 Å². The molecule has 0 fully saturated rings. The van der Waals surface area contributed by atoms with Gasteiger partial charge >= 0.3 is 12.1 Å². The van der Waals surface area contributed by atoms with E-state index in [-0.39, 0.29) is 18.7 Å². The normalized spacial score (nSPS) is 13.4. The molecule has 1 unspecified atom stereocenters. The Kier molecular flexibility index (Phi) is 7.02. The largest absolute Gasteiger partial charge is 0.481 e. The van der Waals surface area contributed by atoms with Crippen LogP contribution in [0.5, 0.6) is 0 Å². The molecule has 0 radical (unpaired) electrons. The number of carbonyl (C=O) groups is 2. The number of nitrogens with one attached hydrogen (secondary N) is 1. The molecule has 0 aliphatic heterocycles. The van der Waals surface area contributed by atoms with E-state index < -0.39 is 29.2 Å². The van der Waals surface area contributed by atoms with Gasteiger partial charge in [-0.05, 0) is 36.0 Å². The summed E-state index contributed by atoms with van der Waals surface area (Å²) >= 11 is 0. The summed E-state index contributed by atoms with van der Waals surface area (Å²) in [6.45, 7) is 5.51. The molecular formula is C18H24F3NO3. The molecule has 7 heteroatoms. The van der Waals surface area contributed by atoms with Gasteiger partial charge in [0.2, 0.25) is 5.91 Å². The van der Waals surface area contributed by atoms with Crippen LogP contribution in [0.3, 0.4) is 0 Å². The number of unbranched alkanes of at least 4 members (excludes halogenated alkanes) is 1. The van der Waals surface area contributed by atoms with Crippen LogP contribution in [0, 0.1) is 5.41 Å². The van der Waals surface area contributed by atoms with Gasteiger partial charge in [0.25, 0.3) is 0 Å². The van der Waals surface area contributed by atoms with Crippen molar-refractivity contribution < 1.29 is 27.9 Å². The minimum absolute atomic E-state index is 0.0103. The number of aliphatic carboxylic acids is 1. The van der Waals surface area contributed by atoms with Crippen LogP contribution in [0.4, 0.5) is 13.2 Å². The van der Waals surface area contributed by atoms with Gasteiger partial charge in [0.1, 0.15) is 0 Å². The van der Waals surface area contributed by atoms with Crippen molar-refractivity contribution in [3.63, 3.8) is 0 Å². The van der Waals surface area contributed by atoms with Crippen LogP contribution in [-0.4, -0.2) is 17.0 Å². The second kappa shape index (κ2) is 8.36. The van der Waals surface area contributed by atoms with Crippen LogP contribution >= 0.6 is 0 Å². The summed E-state index contributed by atoms with van der Waals surface area (Å²) in [7, 11) is 0. The fraction of sp³-hybridized carbons (Fsp3) is 0.556. The molecule has 2 N–H and O–H groups in total. The van der Waals surface area contributed by atoms with E-state index in [1.165, 1.54) is 6.07 Å². The SMILES string of the molecule is CC(C)(C)C(NC(=O)CCCCC(=O)O)c1cccc(C(F)(F)F)c1. The van der Waals surface area contributed by atoms with Crippen molar-refractivity contribution in [1.82, 2.24) is 5.32 Å². The Morgan fingerprint density at radius 2 is 1.72 bits per heavy atom. The molecule has 0 saturated heterocycles. The number of carboxylic acid groups (broad SMARTS) is 1. The zero-order valence-corrected chi connectivity index (χ0v) is 14.6. The molecule has 0 heterocycles. The van der Waals surface area contributed by atoms with Crippen LogP contribution < -0.4 is 5.32 Å². The van der Waals surface area contributed by atoms with Gasteiger partial charge in [-0.2, -0.15) is 13.2 Å². The average molecular weight is 359 g/mol. The van der Waals surface area contributed by atoms with E-state index in [1.807, 2.05) is 20.8 Å². The molecular weight excluding hydrogens is 335 g/mol. The van der Waals surface area contributed by atoms with E-state index in [2.05, 4.69) is 5.32 Å². The van der Waals surface area contributed by atoms with Crippen LogP contribution in [-0.2, 0) is 15.8 Å². The lowest BCUT2D eigenvalue weighted by atomic mass is 9.81. The lowest BCUT2D eigenvalue weighted by Crippen LogP contribution is -2.36. The molecule has 140 valence electrons. The Bertz CT molecular complexity index is 606. The Morgan fingerprint density at radius 1 is 1.12 bits per heavy atom. The average Bonchev–Trinajstić information content (AvgIpc) is 2.47. The van der Waals surface area contributed by atoms with Crippen LogP contribution in [0.25, 0.3) is 0 Å². The third-order valence-electron chi connectivity index (χ3n) is 3.76. The van der Waals surface area contributed by atoms with Crippen LogP contribution in [0.15, 0.2) is 24.3 Å². The third kappa shape index (κ3) is 7.15. The number of rotatable bonds is 7. The highest BCUT2D eigenvalue weighted by Crippen LogP contribution is 2.36. The highest BCUT2D eigenvalue weighted by molar-refractivity contribution is 5.76. The first-order valence-corrected chi connectivity index (χ1v) is 8.09. The Morgan fingerprint density at radius 3 is 2.24 bits per heavy atom. The maximum Gasteiger partial charge on any atom is 0.416 e. The molecule has 0 aliphatic carbocycles. The van der Waals surface area contributed by atoms with Crippen LogP contribution in [0.2, 0.25) is 0 Å². The predicted molar refractivity (Wildman–Crippen MR) is 87.9 cm³/mol. The Balaban J connectivity index is 2.86. The second-order valence-electron chi connectivity index (χ2n) is 7.09. The molecule has 0 saturated carbocycles. The van der Waals surface area contributed by atoms with Gasteiger partial charge in [0.05, 0.1) is 11.6 Å². The molecule has 1 aromatic rings. The van der Waals surface area contributed by atoms with Gasteiger partial charge in [-0.15, -0.1) is 0 Å². The minimum atomic E-state index is -4.45. The summed E-state index contributed by atoms with van der Waals surface area (Å²) in [5, 5.41) is 11.4. The van der Waals surface area contributed by atoms with Gasteiger partial charge in [-0.1, -0.05) is 32.9 Å². The number of hydrogen-bond acceptors (Lipinski definition) is 2.